The van der Waals surface area contributed by atoms with Gasteiger partial charge in [-0.3, -0.25) is 4.79 Å². The van der Waals surface area contributed by atoms with E-state index in [0.29, 0.717) is 5.56 Å². The van der Waals surface area contributed by atoms with Crippen LogP contribution in [0.25, 0.3) is 0 Å². The fraction of sp³-hybridized carbons (Fsp3) is 0.278. The van der Waals surface area contributed by atoms with E-state index in [-0.39, 0.29) is 30.0 Å². The van der Waals surface area contributed by atoms with Gasteiger partial charge in [0.2, 0.25) is 15.9 Å². The average molecular weight is 416 g/mol. The summed E-state index contributed by atoms with van der Waals surface area (Å²) < 4.78 is 81.3. The Bertz CT molecular complexity index is 1040. The summed E-state index contributed by atoms with van der Waals surface area (Å²) in [6.07, 6.45) is -4.30. The molecule has 2 aromatic carbocycles. The van der Waals surface area contributed by atoms with E-state index < -0.39 is 38.5 Å². The van der Waals surface area contributed by atoms with Crippen molar-refractivity contribution in [3.05, 3.63) is 58.9 Å². The maximum Gasteiger partial charge on any atom is 0.416 e. The SMILES string of the molecule is C[C@@H](NS(=O)(=O)c1cc2c(cc1F)NC(=O)CC2)c1ccccc1C(F)(F)F. The fourth-order valence-electron chi connectivity index (χ4n) is 3.08. The molecule has 0 radical (unpaired) electrons. The number of benzene rings is 2. The van der Waals surface area contributed by atoms with Crippen molar-refractivity contribution in [2.24, 2.45) is 0 Å². The summed E-state index contributed by atoms with van der Waals surface area (Å²) in [6, 6.07) is 5.31. The van der Waals surface area contributed by atoms with Crippen molar-refractivity contribution in [3.8, 4) is 0 Å². The number of sulfonamides is 1. The quantitative estimate of drug-likeness (QED) is 0.746. The summed E-state index contributed by atoms with van der Waals surface area (Å²) in [5, 5.41) is 2.45. The summed E-state index contributed by atoms with van der Waals surface area (Å²) in [5.41, 5.74) is -0.629. The number of carbonyl (C=O) groups excluding carboxylic acids is 1. The highest BCUT2D eigenvalue weighted by molar-refractivity contribution is 7.89. The number of rotatable bonds is 4. The number of carbonyl (C=O) groups is 1. The van der Waals surface area contributed by atoms with Crippen LogP contribution in [0.4, 0.5) is 23.2 Å². The normalized spacial score (nSPS) is 15.7. The van der Waals surface area contributed by atoms with E-state index in [0.717, 1.165) is 24.3 Å². The second-order valence-corrected chi connectivity index (χ2v) is 8.10. The van der Waals surface area contributed by atoms with Crippen LogP contribution < -0.4 is 10.0 Å². The number of hydrogen-bond donors (Lipinski definition) is 2. The van der Waals surface area contributed by atoms with Gasteiger partial charge in [-0.15, -0.1) is 0 Å². The molecule has 1 amide bonds. The van der Waals surface area contributed by atoms with Gasteiger partial charge in [0.1, 0.15) is 10.7 Å². The molecule has 0 spiro atoms. The van der Waals surface area contributed by atoms with E-state index >= 15 is 0 Å². The van der Waals surface area contributed by atoms with E-state index in [2.05, 4.69) is 10.0 Å². The Hall–Kier alpha value is -2.46. The second kappa shape index (κ2) is 7.17. The molecule has 1 aliphatic rings. The van der Waals surface area contributed by atoms with Crippen molar-refractivity contribution in [2.45, 2.75) is 36.9 Å². The Balaban J connectivity index is 1.94. The summed E-state index contributed by atoms with van der Waals surface area (Å²) in [6.45, 7) is 1.25. The second-order valence-electron chi connectivity index (χ2n) is 6.42. The smallest absolute Gasteiger partial charge is 0.326 e. The predicted molar refractivity (Wildman–Crippen MR) is 93.5 cm³/mol. The van der Waals surface area contributed by atoms with Crippen LogP contribution in [0.5, 0.6) is 0 Å². The molecular formula is C18H16F4N2O3S. The van der Waals surface area contributed by atoms with Gasteiger partial charge in [-0.25, -0.2) is 17.5 Å². The molecule has 0 aromatic heterocycles. The van der Waals surface area contributed by atoms with E-state index in [1.54, 1.807) is 0 Å². The highest BCUT2D eigenvalue weighted by atomic mass is 32.2. The van der Waals surface area contributed by atoms with Gasteiger partial charge in [-0.05, 0) is 42.7 Å². The van der Waals surface area contributed by atoms with E-state index in [4.69, 9.17) is 0 Å². The molecule has 1 heterocycles. The Morgan fingerprint density at radius 1 is 1.14 bits per heavy atom. The lowest BCUT2D eigenvalue weighted by atomic mass is 10.0. The lowest BCUT2D eigenvalue weighted by Crippen LogP contribution is -2.29. The number of halogens is 4. The largest absolute Gasteiger partial charge is 0.416 e. The molecule has 1 aliphatic heterocycles. The highest BCUT2D eigenvalue weighted by Gasteiger charge is 2.35. The van der Waals surface area contributed by atoms with Gasteiger partial charge >= 0.3 is 6.18 Å². The van der Waals surface area contributed by atoms with Crippen LogP contribution in [0.3, 0.4) is 0 Å². The first kappa shape index (κ1) is 20.3. The fourth-order valence-corrected chi connectivity index (χ4v) is 4.41. The summed E-state index contributed by atoms with van der Waals surface area (Å²) in [7, 11) is -4.45. The minimum Gasteiger partial charge on any atom is -0.326 e. The molecule has 0 unspecified atom stereocenters. The third kappa shape index (κ3) is 4.02. The van der Waals surface area contributed by atoms with Crippen molar-refractivity contribution >= 4 is 21.6 Å². The van der Waals surface area contributed by atoms with Gasteiger partial charge in [0.25, 0.3) is 0 Å². The zero-order valence-corrected chi connectivity index (χ0v) is 15.4. The Morgan fingerprint density at radius 3 is 2.50 bits per heavy atom. The maximum atomic E-state index is 14.4. The molecule has 0 saturated carbocycles. The number of fused-ring (bicyclic) bond motifs is 1. The molecule has 2 N–H and O–H groups in total. The lowest BCUT2D eigenvalue weighted by molar-refractivity contribution is -0.138. The molecule has 0 bridgehead atoms. The monoisotopic (exact) mass is 416 g/mol. The number of hydrogen-bond acceptors (Lipinski definition) is 3. The van der Waals surface area contributed by atoms with Crippen LogP contribution in [-0.2, 0) is 27.4 Å². The zero-order valence-electron chi connectivity index (χ0n) is 14.6. The Morgan fingerprint density at radius 2 is 1.82 bits per heavy atom. The minimum atomic E-state index is -4.66. The molecular weight excluding hydrogens is 400 g/mol. The first-order valence-corrected chi connectivity index (χ1v) is 9.78. The Labute approximate surface area is 158 Å². The number of aryl methyl sites for hydroxylation is 1. The van der Waals surface area contributed by atoms with Gasteiger partial charge < -0.3 is 5.32 Å². The van der Waals surface area contributed by atoms with E-state index in [1.807, 2.05) is 0 Å². The van der Waals surface area contributed by atoms with Crippen LogP contribution in [0.15, 0.2) is 41.3 Å². The summed E-state index contributed by atoms with van der Waals surface area (Å²) >= 11 is 0. The zero-order chi connectivity index (χ0) is 20.7. The lowest BCUT2D eigenvalue weighted by Gasteiger charge is -2.21. The molecule has 1 atom stereocenters. The molecule has 0 saturated heterocycles. The van der Waals surface area contributed by atoms with E-state index in [9.17, 15) is 30.8 Å². The molecule has 10 heteroatoms. The van der Waals surface area contributed by atoms with Crippen molar-refractivity contribution in [1.29, 1.82) is 0 Å². The Kier molecular flexibility index (Phi) is 5.20. The molecule has 0 aliphatic carbocycles. The highest BCUT2D eigenvalue weighted by Crippen LogP contribution is 2.35. The number of amides is 1. The van der Waals surface area contributed by atoms with Gasteiger partial charge in [0.05, 0.1) is 5.56 Å². The average Bonchev–Trinajstić information content (AvgIpc) is 2.59. The molecule has 5 nitrogen and oxygen atoms in total. The topological polar surface area (TPSA) is 75.3 Å². The number of alkyl halides is 3. The van der Waals surface area contributed by atoms with Gasteiger partial charge in [0, 0.05) is 18.2 Å². The minimum absolute atomic E-state index is 0.126. The third-order valence-corrected chi connectivity index (χ3v) is 5.96. The first-order chi connectivity index (χ1) is 13.0. The molecule has 2 aromatic rings. The number of nitrogens with one attached hydrogen (secondary N) is 2. The van der Waals surface area contributed by atoms with Crippen molar-refractivity contribution in [2.75, 3.05) is 5.32 Å². The van der Waals surface area contributed by atoms with Crippen LogP contribution in [-0.4, -0.2) is 14.3 Å². The van der Waals surface area contributed by atoms with E-state index in [1.165, 1.54) is 19.1 Å². The summed E-state index contributed by atoms with van der Waals surface area (Å²) in [4.78, 5) is 10.7. The molecule has 0 fully saturated rings. The van der Waals surface area contributed by atoms with Crippen LogP contribution >= 0.6 is 0 Å². The molecule has 150 valence electrons. The maximum absolute atomic E-state index is 14.4. The van der Waals surface area contributed by atoms with Crippen molar-refractivity contribution < 1.29 is 30.8 Å². The van der Waals surface area contributed by atoms with Gasteiger partial charge in [0.15, 0.2) is 0 Å². The first-order valence-electron chi connectivity index (χ1n) is 8.30. The van der Waals surface area contributed by atoms with Crippen molar-refractivity contribution in [1.82, 2.24) is 4.72 Å². The molecule has 28 heavy (non-hydrogen) atoms. The van der Waals surface area contributed by atoms with Gasteiger partial charge in [-0.2, -0.15) is 13.2 Å². The third-order valence-electron chi connectivity index (χ3n) is 4.41. The predicted octanol–water partition coefficient (Wildman–Crippen LogP) is 3.77. The van der Waals surface area contributed by atoms with Crippen LogP contribution in [0.1, 0.15) is 36.1 Å². The number of anilines is 1. The van der Waals surface area contributed by atoms with Crippen LogP contribution in [0.2, 0.25) is 0 Å². The van der Waals surface area contributed by atoms with Crippen LogP contribution in [0, 0.1) is 5.82 Å². The van der Waals surface area contributed by atoms with Crippen molar-refractivity contribution in [3.63, 3.8) is 0 Å². The molecule has 3 rings (SSSR count). The summed E-state index contributed by atoms with van der Waals surface area (Å²) in [5.74, 6) is -1.41. The standard InChI is InChI=1S/C18H16F4N2O3S/c1-10(12-4-2-3-5-13(12)18(20,21)22)24-28(26,27)16-8-11-6-7-17(25)23-15(11)9-14(16)19/h2-5,8-10,24H,6-7H2,1H3,(H,23,25)/t10-/m1/s1. The van der Waals surface area contributed by atoms with Gasteiger partial charge in [-0.1, -0.05) is 18.2 Å².